The fraction of sp³-hybridized carbons (Fsp3) is 0.333. The van der Waals surface area contributed by atoms with Gasteiger partial charge in [0.05, 0.1) is 11.9 Å². The van der Waals surface area contributed by atoms with Crippen molar-refractivity contribution in [3.05, 3.63) is 23.6 Å². The third-order valence-electron chi connectivity index (χ3n) is 1.12. The van der Waals surface area contributed by atoms with Crippen LogP contribution >= 0.6 is 0 Å². The van der Waals surface area contributed by atoms with Gasteiger partial charge >= 0.3 is 0 Å². The summed E-state index contributed by atoms with van der Waals surface area (Å²) in [5, 5.41) is 7.05. The standard InChI is InChI=1S/C6H9N3/c1-2-5-3-9-6(7)4-8-5/h3-4H,2H2,1H3,(H2,7,9). The fourth-order valence-corrected chi connectivity index (χ4v) is 0.576. The molecule has 48 valence electrons. The maximum atomic E-state index is 7.05. The summed E-state index contributed by atoms with van der Waals surface area (Å²) in [5.41, 5.74) is 1.35. The molecule has 3 heteroatoms. The lowest BCUT2D eigenvalue weighted by Gasteiger charge is -1.90. The van der Waals surface area contributed by atoms with Crippen LogP contribution < -0.4 is 5.49 Å². The van der Waals surface area contributed by atoms with Crippen LogP contribution in [-0.2, 0) is 6.42 Å². The first kappa shape index (κ1) is 6.01. The van der Waals surface area contributed by atoms with Crippen molar-refractivity contribution in [1.82, 2.24) is 9.97 Å². The van der Waals surface area contributed by atoms with E-state index in [0.29, 0.717) is 5.49 Å². The van der Waals surface area contributed by atoms with E-state index in [-0.39, 0.29) is 0 Å². The van der Waals surface area contributed by atoms with E-state index in [1.54, 1.807) is 6.20 Å². The molecule has 9 heavy (non-hydrogen) atoms. The van der Waals surface area contributed by atoms with Crippen molar-refractivity contribution in [3.63, 3.8) is 0 Å². The molecule has 0 aromatic carbocycles. The van der Waals surface area contributed by atoms with Crippen LogP contribution in [-0.4, -0.2) is 9.97 Å². The van der Waals surface area contributed by atoms with E-state index >= 15 is 0 Å². The summed E-state index contributed by atoms with van der Waals surface area (Å²) in [6.07, 6.45) is 4.18. The fourth-order valence-electron chi connectivity index (χ4n) is 0.576. The molecule has 0 unspecified atom stereocenters. The van der Waals surface area contributed by atoms with Crippen LogP contribution in [0.15, 0.2) is 12.4 Å². The van der Waals surface area contributed by atoms with Gasteiger partial charge in [0, 0.05) is 6.20 Å². The van der Waals surface area contributed by atoms with Gasteiger partial charge in [0.1, 0.15) is 5.49 Å². The van der Waals surface area contributed by atoms with Crippen molar-refractivity contribution in [2.75, 3.05) is 0 Å². The van der Waals surface area contributed by atoms with Crippen LogP contribution in [0.5, 0.6) is 0 Å². The van der Waals surface area contributed by atoms with E-state index in [2.05, 4.69) is 9.97 Å². The Balaban J connectivity index is 3.02. The predicted octanol–water partition coefficient (Wildman–Crippen LogP) is 0.452. The molecule has 1 aromatic heterocycles. The molecule has 1 rings (SSSR count). The summed E-state index contributed by atoms with van der Waals surface area (Å²) in [6.45, 7) is 2.03. The lowest BCUT2D eigenvalue weighted by molar-refractivity contribution is 0.949. The maximum Gasteiger partial charge on any atom is 0.140 e. The zero-order chi connectivity index (χ0) is 6.69. The maximum absolute atomic E-state index is 7.05. The van der Waals surface area contributed by atoms with Gasteiger partial charge in [0.15, 0.2) is 0 Å². The Kier molecular flexibility index (Phi) is 1.63. The van der Waals surface area contributed by atoms with Gasteiger partial charge in [-0.05, 0) is 6.42 Å². The molecule has 0 spiro atoms. The van der Waals surface area contributed by atoms with Crippen LogP contribution in [0, 0.1) is 5.41 Å². The number of aryl methyl sites for hydroxylation is 1. The van der Waals surface area contributed by atoms with E-state index in [4.69, 9.17) is 5.41 Å². The van der Waals surface area contributed by atoms with Gasteiger partial charge in [0.25, 0.3) is 0 Å². The molecule has 3 nitrogen and oxygen atoms in total. The van der Waals surface area contributed by atoms with Crippen molar-refractivity contribution in [2.24, 2.45) is 0 Å². The number of aromatic amines is 1. The average molecular weight is 123 g/mol. The largest absolute Gasteiger partial charge is 0.344 e. The van der Waals surface area contributed by atoms with E-state index in [1.165, 1.54) is 6.20 Å². The molecule has 0 bridgehead atoms. The second-order valence-corrected chi connectivity index (χ2v) is 1.81. The summed E-state index contributed by atoms with van der Waals surface area (Å²) in [4.78, 5) is 6.73. The van der Waals surface area contributed by atoms with Crippen LogP contribution in [0.4, 0.5) is 0 Å². The van der Waals surface area contributed by atoms with Gasteiger partial charge in [-0.3, -0.25) is 10.4 Å². The molecular formula is C6H9N3. The molecule has 0 aliphatic heterocycles. The minimum atomic E-state index is 0.354. The van der Waals surface area contributed by atoms with Crippen molar-refractivity contribution >= 4 is 0 Å². The second-order valence-electron chi connectivity index (χ2n) is 1.81. The summed E-state index contributed by atoms with van der Waals surface area (Å²) in [6, 6.07) is 0. The number of nitrogens with one attached hydrogen (secondary N) is 2. The zero-order valence-electron chi connectivity index (χ0n) is 5.31. The Bertz CT molecular complexity index is 218. The smallest absolute Gasteiger partial charge is 0.140 e. The van der Waals surface area contributed by atoms with Crippen molar-refractivity contribution in [3.8, 4) is 0 Å². The lowest BCUT2D eigenvalue weighted by atomic mass is 10.4. The summed E-state index contributed by atoms with van der Waals surface area (Å²) in [5.74, 6) is 0. The number of rotatable bonds is 1. The van der Waals surface area contributed by atoms with E-state index < -0.39 is 0 Å². The Morgan fingerprint density at radius 2 is 2.56 bits per heavy atom. The quantitative estimate of drug-likeness (QED) is 0.559. The van der Waals surface area contributed by atoms with Gasteiger partial charge in [-0.2, -0.15) is 0 Å². The first-order valence-electron chi connectivity index (χ1n) is 2.91. The molecule has 1 heterocycles. The molecule has 0 fully saturated rings. The Morgan fingerprint density at radius 3 is 3.00 bits per heavy atom. The number of hydrogen-bond donors (Lipinski definition) is 2. The van der Waals surface area contributed by atoms with E-state index in [0.717, 1.165) is 12.1 Å². The highest BCUT2D eigenvalue weighted by atomic mass is 14.8. The SMILES string of the molecule is CCc1c[nH]c(=N)cn1. The topological polar surface area (TPSA) is 52.5 Å². The summed E-state index contributed by atoms with van der Waals surface area (Å²) >= 11 is 0. The number of nitrogens with zero attached hydrogens (tertiary/aromatic N) is 1. The van der Waals surface area contributed by atoms with Crippen molar-refractivity contribution < 1.29 is 0 Å². The minimum absolute atomic E-state index is 0.354. The Hall–Kier alpha value is -1.12. The molecule has 0 aliphatic carbocycles. The molecule has 0 atom stereocenters. The monoisotopic (exact) mass is 123 g/mol. The number of H-pyrrole nitrogens is 1. The molecule has 0 amide bonds. The van der Waals surface area contributed by atoms with Crippen LogP contribution in [0.1, 0.15) is 12.6 Å². The zero-order valence-corrected chi connectivity index (χ0v) is 5.31. The normalized spacial score (nSPS) is 9.44. The second kappa shape index (κ2) is 2.44. The molecular weight excluding hydrogens is 114 g/mol. The van der Waals surface area contributed by atoms with Gasteiger partial charge in [-0.1, -0.05) is 6.92 Å². The van der Waals surface area contributed by atoms with Gasteiger partial charge in [-0.15, -0.1) is 0 Å². The highest BCUT2D eigenvalue weighted by Gasteiger charge is 1.84. The highest BCUT2D eigenvalue weighted by molar-refractivity contribution is 4.92. The molecule has 0 saturated heterocycles. The van der Waals surface area contributed by atoms with Crippen LogP contribution in [0.25, 0.3) is 0 Å². The third kappa shape index (κ3) is 1.38. The van der Waals surface area contributed by atoms with E-state index in [1.807, 2.05) is 6.92 Å². The van der Waals surface area contributed by atoms with E-state index in [9.17, 15) is 0 Å². The van der Waals surface area contributed by atoms with Crippen LogP contribution in [0.3, 0.4) is 0 Å². The molecule has 0 saturated carbocycles. The van der Waals surface area contributed by atoms with Gasteiger partial charge in [0.2, 0.25) is 0 Å². The van der Waals surface area contributed by atoms with Gasteiger partial charge < -0.3 is 4.98 Å². The van der Waals surface area contributed by atoms with Gasteiger partial charge in [-0.25, -0.2) is 0 Å². The average Bonchev–Trinajstić information content (AvgIpc) is 1.90. The first-order valence-corrected chi connectivity index (χ1v) is 2.91. The first-order chi connectivity index (χ1) is 4.33. The number of hydrogen-bond acceptors (Lipinski definition) is 2. The Morgan fingerprint density at radius 1 is 1.78 bits per heavy atom. The molecule has 1 aromatic rings. The molecule has 0 radical (unpaired) electrons. The van der Waals surface area contributed by atoms with Crippen molar-refractivity contribution in [1.29, 1.82) is 5.41 Å². The highest BCUT2D eigenvalue weighted by Crippen LogP contribution is 1.85. The molecule has 2 N–H and O–H groups in total. The Labute approximate surface area is 53.3 Å². The molecule has 0 aliphatic rings. The van der Waals surface area contributed by atoms with Crippen LogP contribution in [0.2, 0.25) is 0 Å². The third-order valence-corrected chi connectivity index (χ3v) is 1.12. The summed E-state index contributed by atoms with van der Waals surface area (Å²) < 4.78 is 0. The minimum Gasteiger partial charge on any atom is -0.344 e. The predicted molar refractivity (Wildman–Crippen MR) is 33.8 cm³/mol. The number of aromatic nitrogens is 2. The lowest BCUT2D eigenvalue weighted by Crippen LogP contribution is -2.05. The summed E-state index contributed by atoms with van der Waals surface area (Å²) in [7, 11) is 0. The van der Waals surface area contributed by atoms with Crippen molar-refractivity contribution in [2.45, 2.75) is 13.3 Å².